The normalized spacial score (nSPS) is 20.4. The Morgan fingerprint density at radius 2 is 2.11 bits per heavy atom. The fourth-order valence-electron chi connectivity index (χ4n) is 2.33. The Morgan fingerprint density at radius 3 is 2.78 bits per heavy atom. The van der Waals surface area contributed by atoms with Gasteiger partial charge in [-0.2, -0.15) is 0 Å². The lowest BCUT2D eigenvalue weighted by Crippen LogP contribution is -2.45. The van der Waals surface area contributed by atoms with Crippen LogP contribution in [0.3, 0.4) is 0 Å². The predicted octanol–water partition coefficient (Wildman–Crippen LogP) is 1.07. The van der Waals surface area contributed by atoms with Gasteiger partial charge in [-0.25, -0.2) is 0 Å². The number of nitrogens with one attached hydrogen (secondary N) is 1. The van der Waals surface area contributed by atoms with Crippen LogP contribution in [0.1, 0.15) is 18.4 Å². The van der Waals surface area contributed by atoms with E-state index < -0.39 is 0 Å². The second kappa shape index (κ2) is 5.87. The Labute approximate surface area is 108 Å². The van der Waals surface area contributed by atoms with Gasteiger partial charge in [0.1, 0.15) is 6.04 Å². The van der Waals surface area contributed by atoms with Crippen LogP contribution in [0.15, 0.2) is 24.3 Å². The SMILES string of the molecule is Cc1ccc(N2CCCNC(=O)C2CCO)cc1. The molecule has 1 heterocycles. The van der Waals surface area contributed by atoms with Crippen molar-refractivity contribution in [2.24, 2.45) is 0 Å². The van der Waals surface area contributed by atoms with Gasteiger partial charge in [-0.3, -0.25) is 4.79 Å². The van der Waals surface area contributed by atoms with E-state index in [1.54, 1.807) is 0 Å². The lowest BCUT2D eigenvalue weighted by Gasteiger charge is -2.30. The van der Waals surface area contributed by atoms with Gasteiger partial charge in [0.25, 0.3) is 0 Å². The van der Waals surface area contributed by atoms with Crippen molar-refractivity contribution in [3.05, 3.63) is 29.8 Å². The van der Waals surface area contributed by atoms with Crippen LogP contribution in [0.2, 0.25) is 0 Å². The molecule has 18 heavy (non-hydrogen) atoms. The van der Waals surface area contributed by atoms with Gasteiger partial charge in [0.05, 0.1) is 0 Å². The average Bonchev–Trinajstić information content (AvgIpc) is 2.54. The van der Waals surface area contributed by atoms with Crippen molar-refractivity contribution in [1.29, 1.82) is 0 Å². The standard InChI is InChI=1S/C14H20N2O2/c1-11-3-5-12(6-4-11)16-9-2-8-15-14(18)13(16)7-10-17/h3-6,13,17H,2,7-10H2,1H3,(H,15,18). The van der Waals surface area contributed by atoms with Crippen molar-refractivity contribution in [1.82, 2.24) is 5.32 Å². The number of hydrogen-bond acceptors (Lipinski definition) is 3. The highest BCUT2D eigenvalue weighted by Crippen LogP contribution is 2.21. The number of aliphatic hydroxyl groups excluding tert-OH is 1. The molecule has 2 N–H and O–H groups in total. The first-order chi connectivity index (χ1) is 8.72. The molecule has 4 nitrogen and oxygen atoms in total. The number of carbonyl (C=O) groups excluding carboxylic acids is 1. The molecular weight excluding hydrogens is 228 g/mol. The molecule has 0 saturated carbocycles. The summed E-state index contributed by atoms with van der Waals surface area (Å²) in [6.07, 6.45) is 1.40. The number of anilines is 1. The van der Waals surface area contributed by atoms with Crippen molar-refractivity contribution in [3.63, 3.8) is 0 Å². The third kappa shape index (κ3) is 2.82. The summed E-state index contributed by atoms with van der Waals surface area (Å²) >= 11 is 0. The number of aliphatic hydroxyl groups is 1. The van der Waals surface area contributed by atoms with E-state index in [-0.39, 0.29) is 18.6 Å². The van der Waals surface area contributed by atoms with Crippen molar-refractivity contribution in [2.45, 2.75) is 25.8 Å². The molecule has 1 aromatic carbocycles. The maximum atomic E-state index is 12.0. The Morgan fingerprint density at radius 1 is 1.39 bits per heavy atom. The quantitative estimate of drug-likeness (QED) is 0.841. The minimum absolute atomic E-state index is 0.0159. The molecule has 1 unspecified atom stereocenters. The molecule has 1 amide bonds. The Bertz CT molecular complexity index is 403. The van der Waals surface area contributed by atoms with Crippen molar-refractivity contribution in [2.75, 3.05) is 24.6 Å². The highest BCUT2D eigenvalue weighted by molar-refractivity contribution is 5.85. The van der Waals surface area contributed by atoms with Crippen LogP contribution in [0.5, 0.6) is 0 Å². The van der Waals surface area contributed by atoms with E-state index in [1.165, 1.54) is 5.56 Å². The number of aryl methyl sites for hydroxylation is 1. The van der Waals surface area contributed by atoms with E-state index in [1.807, 2.05) is 31.2 Å². The van der Waals surface area contributed by atoms with Crippen LogP contribution in [0.4, 0.5) is 5.69 Å². The van der Waals surface area contributed by atoms with Gasteiger partial charge in [-0.1, -0.05) is 17.7 Å². The molecule has 1 fully saturated rings. The van der Waals surface area contributed by atoms with Gasteiger partial charge >= 0.3 is 0 Å². The number of nitrogens with zero attached hydrogens (tertiary/aromatic N) is 1. The van der Waals surface area contributed by atoms with E-state index in [4.69, 9.17) is 5.11 Å². The van der Waals surface area contributed by atoms with E-state index in [2.05, 4.69) is 10.2 Å². The summed E-state index contributed by atoms with van der Waals surface area (Å²) in [5.41, 5.74) is 2.26. The number of amides is 1. The Hall–Kier alpha value is -1.55. The third-order valence-corrected chi connectivity index (χ3v) is 3.32. The minimum atomic E-state index is -0.264. The zero-order valence-corrected chi connectivity index (χ0v) is 10.7. The zero-order chi connectivity index (χ0) is 13.0. The topological polar surface area (TPSA) is 52.6 Å². The molecule has 0 aromatic heterocycles. The smallest absolute Gasteiger partial charge is 0.242 e. The molecule has 1 aromatic rings. The second-order valence-corrected chi connectivity index (χ2v) is 4.70. The van der Waals surface area contributed by atoms with E-state index in [0.29, 0.717) is 13.0 Å². The van der Waals surface area contributed by atoms with Crippen LogP contribution in [0.25, 0.3) is 0 Å². The molecule has 0 radical (unpaired) electrons. The predicted molar refractivity (Wildman–Crippen MR) is 71.6 cm³/mol. The van der Waals surface area contributed by atoms with Gasteiger partial charge in [0.15, 0.2) is 0 Å². The van der Waals surface area contributed by atoms with Gasteiger partial charge in [-0.05, 0) is 31.9 Å². The molecule has 0 aliphatic carbocycles. The monoisotopic (exact) mass is 248 g/mol. The molecule has 2 rings (SSSR count). The molecule has 0 bridgehead atoms. The summed E-state index contributed by atoms with van der Waals surface area (Å²) in [6.45, 7) is 3.63. The summed E-state index contributed by atoms with van der Waals surface area (Å²) in [4.78, 5) is 14.1. The number of hydrogen-bond donors (Lipinski definition) is 2. The van der Waals surface area contributed by atoms with Crippen LogP contribution in [0, 0.1) is 6.92 Å². The fraction of sp³-hybridized carbons (Fsp3) is 0.500. The highest BCUT2D eigenvalue weighted by atomic mass is 16.3. The van der Waals surface area contributed by atoms with Crippen molar-refractivity contribution in [3.8, 4) is 0 Å². The number of carbonyl (C=O) groups is 1. The van der Waals surface area contributed by atoms with E-state index in [9.17, 15) is 4.79 Å². The summed E-state index contributed by atoms with van der Waals surface area (Å²) in [7, 11) is 0. The lowest BCUT2D eigenvalue weighted by atomic mass is 10.1. The molecule has 1 aliphatic rings. The minimum Gasteiger partial charge on any atom is -0.396 e. The van der Waals surface area contributed by atoms with Crippen LogP contribution in [-0.4, -0.2) is 36.8 Å². The Balaban J connectivity index is 2.25. The number of benzene rings is 1. The van der Waals surface area contributed by atoms with Gasteiger partial charge in [0.2, 0.25) is 5.91 Å². The lowest BCUT2D eigenvalue weighted by molar-refractivity contribution is -0.122. The number of rotatable bonds is 3. The molecule has 1 atom stereocenters. The van der Waals surface area contributed by atoms with Crippen molar-refractivity contribution < 1.29 is 9.90 Å². The van der Waals surface area contributed by atoms with Gasteiger partial charge in [0, 0.05) is 25.4 Å². The maximum Gasteiger partial charge on any atom is 0.242 e. The first-order valence-electron chi connectivity index (χ1n) is 6.44. The molecule has 98 valence electrons. The first-order valence-corrected chi connectivity index (χ1v) is 6.44. The Kier molecular flexibility index (Phi) is 4.20. The summed E-state index contributed by atoms with van der Waals surface area (Å²) < 4.78 is 0. The molecule has 1 aliphatic heterocycles. The fourth-order valence-corrected chi connectivity index (χ4v) is 2.33. The molecular formula is C14H20N2O2. The second-order valence-electron chi connectivity index (χ2n) is 4.70. The van der Waals surface area contributed by atoms with Crippen LogP contribution in [-0.2, 0) is 4.79 Å². The highest BCUT2D eigenvalue weighted by Gasteiger charge is 2.27. The first kappa shape index (κ1) is 12.9. The summed E-state index contributed by atoms with van der Waals surface area (Å²) in [6, 6.07) is 7.92. The van der Waals surface area contributed by atoms with Crippen LogP contribution < -0.4 is 10.2 Å². The zero-order valence-electron chi connectivity index (χ0n) is 10.7. The summed E-state index contributed by atoms with van der Waals surface area (Å²) in [5.74, 6) is 0.0159. The molecule has 1 saturated heterocycles. The maximum absolute atomic E-state index is 12.0. The molecule has 4 heteroatoms. The van der Waals surface area contributed by atoms with Crippen molar-refractivity contribution >= 4 is 11.6 Å². The van der Waals surface area contributed by atoms with Gasteiger partial charge < -0.3 is 15.3 Å². The van der Waals surface area contributed by atoms with Crippen LogP contribution >= 0.6 is 0 Å². The van der Waals surface area contributed by atoms with E-state index in [0.717, 1.165) is 18.7 Å². The van der Waals surface area contributed by atoms with E-state index >= 15 is 0 Å². The summed E-state index contributed by atoms with van der Waals surface area (Å²) in [5, 5.41) is 12.0. The third-order valence-electron chi connectivity index (χ3n) is 3.32. The average molecular weight is 248 g/mol. The largest absolute Gasteiger partial charge is 0.396 e. The van der Waals surface area contributed by atoms with Gasteiger partial charge in [-0.15, -0.1) is 0 Å². The molecule has 0 spiro atoms.